The number of thioether (sulfide) groups is 1. The number of carbonyl (C=O) groups excluding carboxylic acids is 1. The minimum absolute atomic E-state index is 0.178. The fourth-order valence-electron chi connectivity index (χ4n) is 3.40. The second kappa shape index (κ2) is 8.75. The van der Waals surface area contributed by atoms with Gasteiger partial charge in [-0.15, -0.1) is 0 Å². The number of amides is 1. The van der Waals surface area contributed by atoms with E-state index in [9.17, 15) is 4.79 Å². The molecular weight excluding hydrogens is 473 g/mol. The Hall–Kier alpha value is -2.18. The quantitative estimate of drug-likeness (QED) is 0.393. The number of carbonyl (C=O) groups is 1. The van der Waals surface area contributed by atoms with Crippen LogP contribution in [-0.4, -0.2) is 15.6 Å². The first-order valence-corrected chi connectivity index (χ1v) is 11.4. The molecule has 2 aromatic carbocycles. The summed E-state index contributed by atoms with van der Waals surface area (Å²) in [6.45, 7) is 5.91. The molecule has 1 aliphatic rings. The number of hydrogen-bond acceptors (Lipinski definition) is 3. The third kappa shape index (κ3) is 4.41. The van der Waals surface area contributed by atoms with E-state index in [1.165, 1.54) is 11.8 Å². The minimum Gasteiger partial charge on any atom is -0.318 e. The first-order valence-electron chi connectivity index (χ1n) is 9.43. The Morgan fingerprint density at radius 3 is 2.52 bits per heavy atom. The zero-order valence-electron chi connectivity index (χ0n) is 17.0. The molecule has 4 nitrogen and oxygen atoms in total. The monoisotopic (exact) mass is 489 g/mol. The van der Waals surface area contributed by atoms with Gasteiger partial charge >= 0.3 is 0 Å². The van der Waals surface area contributed by atoms with Crippen molar-refractivity contribution in [3.05, 3.63) is 85.0 Å². The summed E-state index contributed by atoms with van der Waals surface area (Å²) >= 11 is 19.7. The molecule has 1 aliphatic heterocycles. The van der Waals surface area contributed by atoms with Crippen molar-refractivity contribution in [2.75, 3.05) is 0 Å². The van der Waals surface area contributed by atoms with E-state index in [0.29, 0.717) is 25.1 Å². The normalized spacial score (nSPS) is 16.4. The van der Waals surface area contributed by atoms with Gasteiger partial charge in [-0.1, -0.05) is 40.9 Å². The van der Waals surface area contributed by atoms with Crippen LogP contribution in [-0.2, 0) is 4.79 Å². The average molecular weight is 491 g/mol. The van der Waals surface area contributed by atoms with Crippen LogP contribution in [0.4, 0.5) is 5.69 Å². The zero-order chi connectivity index (χ0) is 22.3. The van der Waals surface area contributed by atoms with Gasteiger partial charge in [0.25, 0.3) is 5.91 Å². The highest BCUT2D eigenvalue weighted by molar-refractivity contribution is 8.18. The lowest BCUT2D eigenvalue weighted by Gasteiger charge is -2.10. The Bertz CT molecular complexity index is 1280. The Labute approximate surface area is 199 Å². The number of rotatable bonds is 3. The molecule has 1 saturated heterocycles. The van der Waals surface area contributed by atoms with Crippen molar-refractivity contribution < 1.29 is 4.79 Å². The second-order valence-electron chi connectivity index (χ2n) is 7.13. The van der Waals surface area contributed by atoms with Crippen molar-refractivity contribution in [2.24, 2.45) is 4.99 Å². The lowest BCUT2D eigenvalue weighted by molar-refractivity contribution is -0.115. The Balaban J connectivity index is 1.66. The zero-order valence-corrected chi connectivity index (χ0v) is 20.0. The molecule has 4 rings (SSSR count). The number of nitrogens with zero attached hydrogens (tertiary/aromatic N) is 2. The maximum atomic E-state index is 12.5. The number of hydrogen-bond donors (Lipinski definition) is 1. The topological polar surface area (TPSA) is 46.4 Å². The van der Waals surface area contributed by atoms with E-state index in [0.717, 1.165) is 33.9 Å². The van der Waals surface area contributed by atoms with Crippen LogP contribution in [0, 0.1) is 20.8 Å². The molecule has 1 aromatic heterocycles. The smallest absolute Gasteiger partial charge is 0.264 e. The third-order valence-corrected chi connectivity index (χ3v) is 7.09. The predicted molar refractivity (Wildman–Crippen MR) is 132 cm³/mol. The van der Waals surface area contributed by atoms with Crippen molar-refractivity contribution in [1.82, 2.24) is 9.88 Å². The Morgan fingerprint density at radius 1 is 1.00 bits per heavy atom. The van der Waals surface area contributed by atoms with Crippen molar-refractivity contribution in [2.45, 2.75) is 20.8 Å². The molecule has 3 aromatic rings. The number of aryl methyl sites for hydroxylation is 1. The van der Waals surface area contributed by atoms with Crippen LogP contribution in [0.2, 0.25) is 15.1 Å². The van der Waals surface area contributed by atoms with Crippen LogP contribution in [0.3, 0.4) is 0 Å². The standard InChI is InChI=1S/C23H18Cl3N3OS/c1-12-9-15(14(3)29(12)16-7-8-18(25)19(26)11-16)10-21-22(30)28-23(31-21)27-20-6-4-5-17(24)13(20)2/h4-11H,1-3H3,(H,27,28,30)/b21-10-. The van der Waals surface area contributed by atoms with Crippen LogP contribution in [0.15, 0.2) is 52.4 Å². The molecule has 1 amide bonds. The highest BCUT2D eigenvalue weighted by Crippen LogP contribution is 2.33. The second-order valence-corrected chi connectivity index (χ2v) is 9.38. The number of aromatic nitrogens is 1. The molecule has 31 heavy (non-hydrogen) atoms. The van der Waals surface area contributed by atoms with Crippen LogP contribution >= 0.6 is 46.6 Å². The van der Waals surface area contributed by atoms with Gasteiger partial charge < -0.3 is 9.88 Å². The Kier molecular flexibility index (Phi) is 6.22. The molecule has 2 heterocycles. The first-order chi connectivity index (χ1) is 14.7. The van der Waals surface area contributed by atoms with Gasteiger partial charge in [-0.25, -0.2) is 4.99 Å². The lowest BCUT2D eigenvalue weighted by Crippen LogP contribution is -2.19. The van der Waals surface area contributed by atoms with Gasteiger partial charge in [-0.05, 0) is 86.1 Å². The van der Waals surface area contributed by atoms with Gasteiger partial charge in [-0.3, -0.25) is 4.79 Å². The van der Waals surface area contributed by atoms with Crippen LogP contribution in [0.1, 0.15) is 22.5 Å². The average Bonchev–Trinajstić information content (AvgIpc) is 3.20. The highest BCUT2D eigenvalue weighted by atomic mass is 35.5. The summed E-state index contributed by atoms with van der Waals surface area (Å²) in [5.41, 5.74) is 5.48. The molecule has 8 heteroatoms. The van der Waals surface area contributed by atoms with Crippen molar-refractivity contribution >= 4 is 69.4 Å². The lowest BCUT2D eigenvalue weighted by atomic mass is 10.2. The van der Waals surface area contributed by atoms with E-state index in [1.807, 2.05) is 63.2 Å². The molecule has 0 atom stereocenters. The van der Waals surface area contributed by atoms with Crippen molar-refractivity contribution in [3.8, 4) is 5.69 Å². The summed E-state index contributed by atoms with van der Waals surface area (Å²) in [6.07, 6.45) is 1.88. The van der Waals surface area contributed by atoms with Crippen LogP contribution in [0.25, 0.3) is 11.8 Å². The molecule has 1 fully saturated rings. The summed E-state index contributed by atoms with van der Waals surface area (Å²) in [6, 6.07) is 13.1. The maximum absolute atomic E-state index is 12.5. The predicted octanol–water partition coefficient (Wildman–Crippen LogP) is 7.25. The molecule has 0 radical (unpaired) electrons. The SMILES string of the molecule is Cc1c(Cl)cccc1N=C1NC(=O)/C(=C/c2cc(C)n(-c3ccc(Cl)c(Cl)c3)c2C)S1. The number of nitrogens with one attached hydrogen (secondary N) is 1. The first kappa shape index (κ1) is 22.0. The minimum atomic E-state index is -0.178. The molecule has 0 bridgehead atoms. The van der Waals surface area contributed by atoms with Crippen molar-refractivity contribution in [1.29, 1.82) is 0 Å². The van der Waals surface area contributed by atoms with Gasteiger partial charge in [0.2, 0.25) is 0 Å². The van der Waals surface area contributed by atoms with E-state index >= 15 is 0 Å². The Morgan fingerprint density at radius 2 is 1.77 bits per heavy atom. The van der Waals surface area contributed by atoms with Crippen molar-refractivity contribution in [3.63, 3.8) is 0 Å². The molecule has 0 saturated carbocycles. The highest BCUT2D eigenvalue weighted by Gasteiger charge is 2.25. The third-order valence-electron chi connectivity index (χ3n) is 5.03. The van der Waals surface area contributed by atoms with E-state index in [1.54, 1.807) is 6.07 Å². The van der Waals surface area contributed by atoms with E-state index in [2.05, 4.69) is 14.9 Å². The summed E-state index contributed by atoms with van der Waals surface area (Å²) in [5.74, 6) is -0.178. The van der Waals surface area contributed by atoms with Gasteiger partial charge in [-0.2, -0.15) is 0 Å². The maximum Gasteiger partial charge on any atom is 0.264 e. The number of halogens is 3. The summed E-state index contributed by atoms with van der Waals surface area (Å²) in [5, 5.41) is 5.00. The largest absolute Gasteiger partial charge is 0.318 e. The van der Waals surface area contributed by atoms with Crippen LogP contribution < -0.4 is 5.32 Å². The molecule has 0 spiro atoms. The molecular formula is C23H18Cl3N3OS. The number of aliphatic imine (C=N–C) groups is 1. The summed E-state index contributed by atoms with van der Waals surface area (Å²) < 4.78 is 2.08. The molecule has 1 N–H and O–H groups in total. The molecule has 0 unspecified atom stereocenters. The van der Waals surface area contributed by atoms with Gasteiger partial charge in [0.1, 0.15) is 0 Å². The van der Waals surface area contributed by atoms with E-state index in [4.69, 9.17) is 34.8 Å². The van der Waals surface area contributed by atoms with E-state index < -0.39 is 0 Å². The van der Waals surface area contributed by atoms with Gasteiger partial charge in [0, 0.05) is 22.1 Å². The fraction of sp³-hybridized carbons (Fsp3) is 0.130. The number of benzene rings is 2. The molecule has 0 aliphatic carbocycles. The summed E-state index contributed by atoms with van der Waals surface area (Å²) in [7, 11) is 0. The van der Waals surface area contributed by atoms with Crippen LogP contribution in [0.5, 0.6) is 0 Å². The fourth-order valence-corrected chi connectivity index (χ4v) is 4.69. The van der Waals surface area contributed by atoms with Gasteiger partial charge in [0.05, 0.1) is 20.6 Å². The van der Waals surface area contributed by atoms with E-state index in [-0.39, 0.29) is 5.91 Å². The molecule has 158 valence electrons. The summed E-state index contributed by atoms with van der Waals surface area (Å²) in [4.78, 5) is 17.7. The van der Waals surface area contributed by atoms with Gasteiger partial charge in [0.15, 0.2) is 5.17 Å². The number of amidine groups is 1.